The minimum Gasteiger partial charge on any atom is -0.550 e. The van der Waals surface area contributed by atoms with Crippen LogP contribution in [0.15, 0.2) is 30.3 Å². The summed E-state index contributed by atoms with van der Waals surface area (Å²) in [4.78, 5) is 26.1. The Morgan fingerprint density at radius 1 is 1.19 bits per heavy atom. The number of carboxylic acids is 1. The van der Waals surface area contributed by atoms with Crippen LogP contribution in [-0.4, -0.2) is 62.1 Å². The SMILES string of the molecule is CC(C)c1c(C(=O)N(C)C2CCCCC2)nn(-c2ccc(F)cc2)c1C=C[C@H](O)C[C@@H](O)CC(=O)[O-].[Na+]. The summed E-state index contributed by atoms with van der Waals surface area (Å²) in [6.45, 7) is 3.89. The molecule has 0 aliphatic heterocycles. The molecule has 1 aromatic heterocycles. The first-order valence-electron chi connectivity index (χ1n) is 12.5. The predicted molar refractivity (Wildman–Crippen MR) is 132 cm³/mol. The van der Waals surface area contributed by atoms with Crippen molar-refractivity contribution in [3.05, 3.63) is 53.1 Å². The van der Waals surface area contributed by atoms with E-state index in [1.54, 1.807) is 34.8 Å². The molecule has 1 aromatic carbocycles. The van der Waals surface area contributed by atoms with Gasteiger partial charge >= 0.3 is 29.6 Å². The molecule has 10 heteroatoms. The van der Waals surface area contributed by atoms with E-state index in [0.29, 0.717) is 22.6 Å². The summed E-state index contributed by atoms with van der Waals surface area (Å²) in [6, 6.07) is 5.88. The van der Waals surface area contributed by atoms with Gasteiger partial charge in [0.15, 0.2) is 5.69 Å². The molecular formula is C27H35FN3NaO5. The van der Waals surface area contributed by atoms with E-state index in [1.807, 2.05) is 13.8 Å². The number of carbonyl (C=O) groups is 2. The summed E-state index contributed by atoms with van der Waals surface area (Å²) in [5.74, 6) is -2.09. The van der Waals surface area contributed by atoms with Crippen molar-refractivity contribution in [3.63, 3.8) is 0 Å². The molecule has 0 spiro atoms. The summed E-state index contributed by atoms with van der Waals surface area (Å²) in [5.41, 5.74) is 2.08. The predicted octanol–water partition coefficient (Wildman–Crippen LogP) is -0.191. The molecule has 3 rings (SSSR count). The number of nitrogens with zero attached hydrogens (tertiary/aromatic N) is 3. The fourth-order valence-corrected chi connectivity index (χ4v) is 4.75. The van der Waals surface area contributed by atoms with E-state index in [1.165, 1.54) is 24.6 Å². The molecule has 1 aliphatic rings. The van der Waals surface area contributed by atoms with Gasteiger partial charge in [-0.05, 0) is 49.1 Å². The number of carbonyl (C=O) groups excluding carboxylic acids is 2. The molecule has 1 fully saturated rings. The Hall–Kier alpha value is -2.04. The third kappa shape index (κ3) is 8.22. The summed E-state index contributed by atoms with van der Waals surface area (Å²) < 4.78 is 15.2. The summed E-state index contributed by atoms with van der Waals surface area (Å²) in [6.07, 6.45) is 5.10. The van der Waals surface area contributed by atoms with Crippen LogP contribution in [0.5, 0.6) is 0 Å². The van der Waals surface area contributed by atoms with Crippen molar-refractivity contribution in [2.45, 2.75) is 83.0 Å². The van der Waals surface area contributed by atoms with Gasteiger partial charge in [-0.1, -0.05) is 39.2 Å². The van der Waals surface area contributed by atoms with Gasteiger partial charge in [0.2, 0.25) is 0 Å². The Morgan fingerprint density at radius 3 is 2.38 bits per heavy atom. The molecular weight excluding hydrogens is 488 g/mol. The minimum absolute atomic E-state index is 0. The molecule has 2 atom stereocenters. The third-order valence-electron chi connectivity index (χ3n) is 6.65. The van der Waals surface area contributed by atoms with E-state index in [9.17, 15) is 29.3 Å². The van der Waals surface area contributed by atoms with Crippen molar-refractivity contribution in [1.29, 1.82) is 0 Å². The Labute approximate surface area is 239 Å². The number of aliphatic hydroxyl groups is 2. The van der Waals surface area contributed by atoms with Crippen LogP contribution in [0.1, 0.15) is 86.5 Å². The number of amides is 1. The molecule has 0 radical (unpaired) electrons. The normalized spacial score (nSPS) is 16.0. The topological polar surface area (TPSA) is 119 Å². The van der Waals surface area contributed by atoms with Crippen LogP contribution in [-0.2, 0) is 4.79 Å². The Kier molecular flexibility index (Phi) is 12.0. The quantitative estimate of drug-likeness (QED) is 0.417. The van der Waals surface area contributed by atoms with Crippen LogP contribution in [0.4, 0.5) is 4.39 Å². The Bertz CT molecular complexity index is 1080. The number of rotatable bonds is 10. The molecule has 1 amide bonds. The van der Waals surface area contributed by atoms with Gasteiger partial charge in [0.05, 0.1) is 23.6 Å². The van der Waals surface area contributed by atoms with Gasteiger partial charge in [0.25, 0.3) is 5.91 Å². The van der Waals surface area contributed by atoms with Crippen molar-refractivity contribution in [2.24, 2.45) is 0 Å². The maximum absolute atomic E-state index is 13.6. The van der Waals surface area contributed by atoms with Crippen molar-refractivity contribution >= 4 is 18.0 Å². The van der Waals surface area contributed by atoms with Crippen LogP contribution in [0, 0.1) is 5.82 Å². The Balaban J connectivity index is 0.00000481. The molecule has 0 saturated heterocycles. The van der Waals surface area contributed by atoms with Crippen molar-refractivity contribution in [3.8, 4) is 5.69 Å². The van der Waals surface area contributed by atoms with E-state index in [4.69, 9.17) is 0 Å². The standard InChI is InChI=1S/C27H36FN3O5.Na/c1-17(2)25-23(14-13-21(32)15-22(33)16-24(34)35)31(20-11-9-18(28)10-12-20)29-26(25)27(36)30(3)19-7-5-4-6-8-19;/h9-14,17,19,21-22,32-33H,4-8,15-16H2,1-3H3,(H,34,35);/q;+1/p-1/t21-,22+;/m0./s1. The molecule has 196 valence electrons. The molecule has 37 heavy (non-hydrogen) atoms. The maximum atomic E-state index is 13.6. The van der Waals surface area contributed by atoms with Gasteiger partial charge in [0.1, 0.15) is 5.82 Å². The summed E-state index contributed by atoms with van der Waals surface area (Å²) in [5, 5.41) is 35.6. The van der Waals surface area contributed by atoms with Gasteiger partial charge in [-0.3, -0.25) is 4.79 Å². The van der Waals surface area contributed by atoms with Crippen LogP contribution >= 0.6 is 0 Å². The minimum atomic E-state index is -1.40. The van der Waals surface area contributed by atoms with Crippen LogP contribution in [0.3, 0.4) is 0 Å². The van der Waals surface area contributed by atoms with Gasteiger partial charge in [0, 0.05) is 37.5 Å². The summed E-state index contributed by atoms with van der Waals surface area (Å²) >= 11 is 0. The first-order chi connectivity index (χ1) is 17.1. The maximum Gasteiger partial charge on any atom is 1.00 e. The van der Waals surface area contributed by atoms with Gasteiger partial charge in [-0.25, -0.2) is 9.07 Å². The second kappa shape index (κ2) is 14.2. The van der Waals surface area contributed by atoms with Crippen molar-refractivity contribution < 1.29 is 58.9 Å². The molecule has 1 heterocycles. The van der Waals surface area contributed by atoms with Crippen LogP contribution < -0.4 is 34.7 Å². The van der Waals surface area contributed by atoms with Gasteiger partial charge in [-0.2, -0.15) is 5.10 Å². The Morgan fingerprint density at radius 2 is 1.81 bits per heavy atom. The molecule has 8 nitrogen and oxygen atoms in total. The number of hydrogen-bond acceptors (Lipinski definition) is 6. The van der Waals surface area contributed by atoms with Crippen LogP contribution in [0.2, 0.25) is 0 Å². The van der Waals surface area contributed by atoms with Crippen molar-refractivity contribution in [2.75, 3.05) is 7.05 Å². The monoisotopic (exact) mass is 523 g/mol. The van der Waals surface area contributed by atoms with E-state index in [-0.39, 0.29) is 53.8 Å². The number of aromatic nitrogens is 2. The van der Waals surface area contributed by atoms with Crippen molar-refractivity contribution in [1.82, 2.24) is 14.7 Å². The van der Waals surface area contributed by atoms with Gasteiger partial charge < -0.3 is 25.0 Å². The first-order valence-corrected chi connectivity index (χ1v) is 12.5. The summed E-state index contributed by atoms with van der Waals surface area (Å²) in [7, 11) is 1.80. The zero-order valence-corrected chi connectivity index (χ0v) is 24.1. The fourth-order valence-electron chi connectivity index (χ4n) is 4.75. The second-order valence-corrected chi connectivity index (χ2v) is 9.79. The molecule has 1 aliphatic carbocycles. The average molecular weight is 524 g/mol. The number of aliphatic hydroxyl groups excluding tert-OH is 2. The average Bonchev–Trinajstić information content (AvgIpc) is 3.22. The zero-order chi connectivity index (χ0) is 26.4. The van der Waals surface area contributed by atoms with E-state index in [2.05, 4.69) is 5.10 Å². The largest absolute Gasteiger partial charge is 1.00 e. The molecule has 1 saturated carbocycles. The number of benzene rings is 1. The fraction of sp³-hybridized carbons (Fsp3) is 0.519. The van der Waals surface area contributed by atoms with Gasteiger partial charge in [-0.15, -0.1) is 0 Å². The number of halogens is 1. The van der Waals surface area contributed by atoms with E-state index in [0.717, 1.165) is 25.7 Å². The first kappa shape index (κ1) is 31.2. The molecule has 0 bridgehead atoms. The third-order valence-corrected chi connectivity index (χ3v) is 6.65. The van der Waals surface area contributed by atoms with E-state index >= 15 is 0 Å². The number of hydrogen-bond donors (Lipinski definition) is 2. The number of carboxylic acid groups (broad SMARTS) is 1. The van der Waals surface area contributed by atoms with E-state index < -0.39 is 30.4 Å². The second-order valence-electron chi connectivity index (χ2n) is 9.79. The zero-order valence-electron chi connectivity index (χ0n) is 22.1. The molecule has 2 N–H and O–H groups in total. The molecule has 2 aromatic rings. The van der Waals surface area contributed by atoms with Crippen LogP contribution in [0.25, 0.3) is 11.8 Å². The number of aliphatic carboxylic acids is 1. The smallest absolute Gasteiger partial charge is 0.550 e. The molecule has 0 unspecified atom stereocenters.